The molecule has 1 aliphatic carbocycles. The lowest BCUT2D eigenvalue weighted by molar-refractivity contribution is -0.138. The number of nitrogens with zero attached hydrogens (tertiary/aromatic N) is 1. The van der Waals surface area contributed by atoms with Gasteiger partial charge in [-0.3, -0.25) is 4.90 Å². The van der Waals surface area contributed by atoms with Gasteiger partial charge in [0.2, 0.25) is 0 Å². The predicted molar refractivity (Wildman–Crippen MR) is 79.4 cm³/mol. The molecule has 21 heavy (non-hydrogen) atoms. The maximum atomic E-state index is 12.6. The topological polar surface area (TPSA) is 69.6 Å². The number of anilines is 1. The molecule has 1 aromatic rings. The van der Waals surface area contributed by atoms with Crippen LogP contribution in [0.25, 0.3) is 0 Å². The highest BCUT2D eigenvalue weighted by atomic mass is 16.4. The summed E-state index contributed by atoms with van der Waals surface area (Å²) in [7, 11) is 0. The molecule has 2 aliphatic rings. The Morgan fingerprint density at radius 2 is 1.95 bits per heavy atom. The van der Waals surface area contributed by atoms with Gasteiger partial charge in [-0.2, -0.15) is 0 Å². The number of nitrogens with one attached hydrogen (secondary N) is 1. The molecular weight excluding hydrogens is 268 g/mol. The number of aliphatic carboxylic acids is 1. The molecule has 1 saturated carbocycles. The van der Waals surface area contributed by atoms with E-state index in [0.29, 0.717) is 18.0 Å². The molecule has 1 atom stereocenters. The number of urea groups is 1. The highest BCUT2D eigenvalue weighted by molar-refractivity contribution is 6.01. The van der Waals surface area contributed by atoms with Crippen molar-refractivity contribution >= 4 is 17.7 Å². The summed E-state index contributed by atoms with van der Waals surface area (Å²) >= 11 is 0. The summed E-state index contributed by atoms with van der Waals surface area (Å²) in [5, 5.41) is 12.4. The number of hydrogen-bond acceptors (Lipinski definition) is 2. The zero-order valence-corrected chi connectivity index (χ0v) is 12.3. The van der Waals surface area contributed by atoms with Crippen LogP contribution in [0, 0.1) is 5.92 Å². The average molecular weight is 288 g/mol. The number of amides is 2. The third-order valence-corrected chi connectivity index (χ3v) is 4.51. The van der Waals surface area contributed by atoms with E-state index in [1.807, 2.05) is 38.1 Å². The minimum absolute atomic E-state index is 0.294. The fraction of sp³-hybridized carbons (Fsp3) is 0.500. The second-order valence-corrected chi connectivity index (χ2v) is 6.48. The lowest BCUT2D eigenvalue weighted by atomic mass is 9.99. The van der Waals surface area contributed by atoms with Crippen molar-refractivity contribution in [3.63, 3.8) is 0 Å². The Morgan fingerprint density at radius 1 is 1.29 bits per heavy atom. The molecule has 2 amide bonds. The second kappa shape index (κ2) is 4.76. The van der Waals surface area contributed by atoms with E-state index < -0.39 is 12.0 Å². The first-order chi connectivity index (χ1) is 9.90. The number of hydrogen-bond donors (Lipinski definition) is 2. The zero-order valence-electron chi connectivity index (χ0n) is 12.3. The van der Waals surface area contributed by atoms with Crippen molar-refractivity contribution < 1.29 is 14.7 Å². The van der Waals surface area contributed by atoms with Crippen LogP contribution in [-0.2, 0) is 11.2 Å². The second-order valence-electron chi connectivity index (χ2n) is 6.48. The molecular formula is C16H20N2O3. The number of fused-ring (bicyclic) bond motifs is 1. The van der Waals surface area contributed by atoms with Crippen LogP contribution in [0.5, 0.6) is 0 Å². The van der Waals surface area contributed by atoms with Gasteiger partial charge < -0.3 is 10.4 Å². The van der Waals surface area contributed by atoms with Crippen LogP contribution in [-0.4, -0.2) is 28.7 Å². The molecule has 5 nitrogen and oxygen atoms in total. The molecule has 0 radical (unpaired) electrons. The van der Waals surface area contributed by atoms with Crippen LogP contribution in [0.3, 0.4) is 0 Å². The van der Waals surface area contributed by atoms with E-state index in [4.69, 9.17) is 0 Å². The van der Waals surface area contributed by atoms with E-state index in [-0.39, 0.29) is 11.6 Å². The Balaban J connectivity index is 1.87. The first kappa shape index (κ1) is 13.9. The van der Waals surface area contributed by atoms with Gasteiger partial charge in [0.1, 0.15) is 6.04 Å². The van der Waals surface area contributed by atoms with Gasteiger partial charge in [-0.15, -0.1) is 0 Å². The molecule has 0 aromatic heterocycles. The number of carbonyl (C=O) groups is 2. The molecule has 5 heteroatoms. The highest BCUT2D eigenvalue weighted by Crippen LogP contribution is 2.40. The van der Waals surface area contributed by atoms with E-state index >= 15 is 0 Å². The van der Waals surface area contributed by atoms with E-state index in [1.165, 1.54) is 4.90 Å². The maximum absolute atomic E-state index is 12.6. The molecule has 2 N–H and O–H groups in total. The highest BCUT2D eigenvalue weighted by Gasteiger charge is 2.43. The van der Waals surface area contributed by atoms with Gasteiger partial charge in [-0.1, -0.05) is 18.2 Å². The van der Waals surface area contributed by atoms with Crippen molar-refractivity contribution in [2.24, 2.45) is 5.92 Å². The molecule has 0 saturated heterocycles. The van der Waals surface area contributed by atoms with Crippen molar-refractivity contribution in [2.75, 3.05) is 4.90 Å². The number of benzene rings is 1. The molecule has 1 heterocycles. The van der Waals surface area contributed by atoms with Gasteiger partial charge in [0, 0.05) is 17.6 Å². The van der Waals surface area contributed by atoms with E-state index in [1.54, 1.807) is 0 Å². The number of carboxylic acids is 1. The summed E-state index contributed by atoms with van der Waals surface area (Å²) in [6, 6.07) is 6.25. The van der Waals surface area contributed by atoms with Gasteiger partial charge in [0.25, 0.3) is 0 Å². The monoisotopic (exact) mass is 288 g/mol. The first-order valence-electron chi connectivity index (χ1n) is 7.32. The predicted octanol–water partition coefficient (Wildman–Crippen LogP) is 2.40. The van der Waals surface area contributed by atoms with Crippen molar-refractivity contribution in [3.8, 4) is 0 Å². The molecule has 112 valence electrons. The van der Waals surface area contributed by atoms with Gasteiger partial charge in [-0.25, -0.2) is 9.59 Å². The van der Waals surface area contributed by atoms with Crippen LogP contribution < -0.4 is 10.2 Å². The summed E-state index contributed by atoms with van der Waals surface area (Å²) < 4.78 is 0. The van der Waals surface area contributed by atoms with Crippen LogP contribution in [0.4, 0.5) is 10.5 Å². The fourth-order valence-electron chi connectivity index (χ4n) is 3.08. The van der Waals surface area contributed by atoms with E-state index in [0.717, 1.165) is 18.4 Å². The Bertz CT molecular complexity index is 593. The molecule has 1 unspecified atom stereocenters. The minimum Gasteiger partial charge on any atom is -0.480 e. The Kier molecular flexibility index (Phi) is 3.15. The quantitative estimate of drug-likeness (QED) is 0.897. The van der Waals surface area contributed by atoms with Crippen molar-refractivity contribution in [1.82, 2.24) is 5.32 Å². The lowest BCUT2D eigenvalue weighted by Gasteiger charge is -2.31. The van der Waals surface area contributed by atoms with Crippen LogP contribution in [0.15, 0.2) is 24.3 Å². The lowest BCUT2D eigenvalue weighted by Crippen LogP contribution is -2.54. The van der Waals surface area contributed by atoms with Crippen molar-refractivity contribution in [3.05, 3.63) is 29.8 Å². The van der Waals surface area contributed by atoms with Gasteiger partial charge in [0.05, 0.1) is 0 Å². The van der Waals surface area contributed by atoms with E-state index in [2.05, 4.69) is 5.32 Å². The fourth-order valence-corrected chi connectivity index (χ4v) is 3.08. The zero-order chi connectivity index (χ0) is 15.2. The Hall–Kier alpha value is -2.04. The average Bonchev–Trinajstić information content (AvgIpc) is 3.18. The summed E-state index contributed by atoms with van der Waals surface area (Å²) in [4.78, 5) is 25.5. The van der Waals surface area contributed by atoms with Gasteiger partial charge in [0.15, 0.2) is 0 Å². The number of rotatable bonds is 3. The molecule has 1 fully saturated rings. The number of carboxylic acid groups (broad SMARTS) is 1. The molecule has 3 rings (SSSR count). The van der Waals surface area contributed by atoms with Crippen molar-refractivity contribution in [1.29, 1.82) is 0 Å². The summed E-state index contributed by atoms with van der Waals surface area (Å²) in [6.07, 6.45) is 2.60. The first-order valence-corrected chi connectivity index (χ1v) is 7.32. The normalized spacial score (nSPS) is 21.0. The third-order valence-electron chi connectivity index (χ3n) is 4.51. The summed E-state index contributed by atoms with van der Waals surface area (Å²) in [5.74, 6) is -0.479. The Labute approximate surface area is 123 Å². The summed E-state index contributed by atoms with van der Waals surface area (Å²) in [5.41, 5.74) is 1.32. The smallest absolute Gasteiger partial charge is 0.327 e. The van der Waals surface area contributed by atoms with Gasteiger partial charge in [-0.05, 0) is 44.2 Å². The maximum Gasteiger partial charge on any atom is 0.327 e. The van der Waals surface area contributed by atoms with Gasteiger partial charge >= 0.3 is 12.0 Å². The SMILES string of the molecule is CC(C)(NC(=O)N1c2ccccc2CC1C(=O)O)C1CC1. The summed E-state index contributed by atoms with van der Waals surface area (Å²) in [6.45, 7) is 4.00. The van der Waals surface area contributed by atoms with Crippen LogP contribution in [0.2, 0.25) is 0 Å². The standard InChI is InChI=1S/C16H20N2O3/c1-16(2,11-7-8-11)17-15(21)18-12-6-4-3-5-10(12)9-13(18)14(19)20/h3-6,11,13H,7-9H2,1-2H3,(H,17,21)(H,19,20). The number of para-hydroxylation sites is 1. The Morgan fingerprint density at radius 3 is 2.57 bits per heavy atom. The molecule has 0 spiro atoms. The van der Waals surface area contributed by atoms with Crippen LogP contribution >= 0.6 is 0 Å². The molecule has 1 aliphatic heterocycles. The van der Waals surface area contributed by atoms with Crippen molar-refractivity contribution in [2.45, 2.75) is 44.7 Å². The molecule has 0 bridgehead atoms. The largest absolute Gasteiger partial charge is 0.480 e. The number of carbonyl (C=O) groups excluding carboxylic acids is 1. The van der Waals surface area contributed by atoms with E-state index in [9.17, 15) is 14.7 Å². The van der Waals surface area contributed by atoms with Crippen LogP contribution in [0.1, 0.15) is 32.3 Å². The minimum atomic E-state index is -0.967. The third kappa shape index (κ3) is 2.48. The molecule has 1 aromatic carbocycles.